The van der Waals surface area contributed by atoms with E-state index in [9.17, 15) is 14.4 Å². The van der Waals surface area contributed by atoms with E-state index in [1.807, 2.05) is 67.9 Å². The summed E-state index contributed by atoms with van der Waals surface area (Å²) in [5.41, 5.74) is 2.83. The molecule has 5 rings (SSSR count). The topological polar surface area (TPSA) is 121 Å². The molecule has 0 aliphatic carbocycles. The van der Waals surface area contributed by atoms with Crippen LogP contribution in [0.4, 0.5) is 0 Å². The van der Waals surface area contributed by atoms with Crippen LogP contribution < -0.4 is 15.4 Å². The molecule has 0 saturated carbocycles. The zero-order valence-electron chi connectivity index (χ0n) is 24.7. The van der Waals surface area contributed by atoms with Crippen molar-refractivity contribution in [3.05, 3.63) is 71.1 Å². The fourth-order valence-electron chi connectivity index (χ4n) is 5.38. The lowest BCUT2D eigenvalue weighted by molar-refractivity contribution is -0.129. The predicted octanol–water partition coefficient (Wildman–Crippen LogP) is 4.57. The number of amides is 3. The first-order valence-electron chi connectivity index (χ1n) is 14.6. The molecule has 1 aliphatic rings. The number of ether oxygens (including phenoxy) is 1. The van der Waals surface area contributed by atoms with Crippen molar-refractivity contribution < 1.29 is 19.1 Å². The first-order chi connectivity index (χ1) is 20.7. The van der Waals surface area contributed by atoms with Gasteiger partial charge in [0.1, 0.15) is 23.3 Å². The number of aromatic amines is 1. The van der Waals surface area contributed by atoms with Crippen LogP contribution in [0.3, 0.4) is 0 Å². The second-order valence-electron chi connectivity index (χ2n) is 11.3. The fraction of sp³-hybridized carbons (Fsp3) is 0.375. The number of carbonyl (C=O) groups excluding carboxylic acids is 3. The van der Waals surface area contributed by atoms with Crippen LogP contribution in [0.2, 0.25) is 5.02 Å². The van der Waals surface area contributed by atoms with E-state index in [-0.39, 0.29) is 30.8 Å². The zero-order chi connectivity index (χ0) is 30.5. The van der Waals surface area contributed by atoms with Gasteiger partial charge in [0, 0.05) is 53.5 Å². The molecule has 0 saturated heterocycles. The van der Waals surface area contributed by atoms with E-state index in [4.69, 9.17) is 16.3 Å². The van der Waals surface area contributed by atoms with E-state index < -0.39 is 11.9 Å². The van der Waals surface area contributed by atoms with Gasteiger partial charge in [0.15, 0.2) is 0 Å². The van der Waals surface area contributed by atoms with Crippen molar-refractivity contribution in [3.8, 4) is 17.1 Å². The summed E-state index contributed by atoms with van der Waals surface area (Å²) in [6.45, 7) is 7.12. The lowest BCUT2D eigenvalue weighted by atomic mass is 10.0. The molecule has 0 unspecified atom stereocenters. The Morgan fingerprint density at radius 1 is 1.16 bits per heavy atom. The van der Waals surface area contributed by atoms with Gasteiger partial charge in [0.05, 0.1) is 13.2 Å². The number of carbonyl (C=O) groups is 3. The lowest BCUT2D eigenvalue weighted by Crippen LogP contribution is -2.51. The summed E-state index contributed by atoms with van der Waals surface area (Å²) in [5.74, 6) is 0.626. The fourth-order valence-corrected chi connectivity index (χ4v) is 5.55. The first kappa shape index (κ1) is 30.2. The SMILES string of the molecule is Cc1c(C(=O)N2CCCOc3cccc(c3)-c3nccn3CCNC(=O)[C@@H](CC(C)C)NC(=O)C2)[nH]c2ccc(Cl)cc12. The highest BCUT2D eigenvalue weighted by molar-refractivity contribution is 6.31. The number of H-pyrrole nitrogens is 1. The van der Waals surface area contributed by atoms with E-state index in [1.165, 1.54) is 4.90 Å². The number of halogens is 1. The van der Waals surface area contributed by atoms with Gasteiger partial charge in [-0.05, 0) is 61.6 Å². The number of aryl methyl sites for hydroxylation is 1. The van der Waals surface area contributed by atoms with Crippen LogP contribution >= 0.6 is 11.6 Å². The molecule has 10 nitrogen and oxygen atoms in total. The number of fused-ring (bicyclic) bond motifs is 5. The smallest absolute Gasteiger partial charge is 0.271 e. The highest BCUT2D eigenvalue weighted by Crippen LogP contribution is 2.26. The first-order valence-corrected chi connectivity index (χ1v) is 15.0. The maximum atomic E-state index is 13.9. The van der Waals surface area contributed by atoms with E-state index in [0.29, 0.717) is 49.0 Å². The number of rotatable bonds is 3. The number of benzene rings is 2. The Kier molecular flexibility index (Phi) is 9.35. The Hall–Kier alpha value is -4.31. The second-order valence-corrected chi connectivity index (χ2v) is 11.7. The summed E-state index contributed by atoms with van der Waals surface area (Å²) >= 11 is 6.21. The van der Waals surface area contributed by atoms with Gasteiger partial charge in [-0.25, -0.2) is 4.98 Å². The third-order valence-electron chi connectivity index (χ3n) is 7.52. The summed E-state index contributed by atoms with van der Waals surface area (Å²) in [5, 5.41) is 7.27. The van der Waals surface area contributed by atoms with Gasteiger partial charge in [-0.2, -0.15) is 0 Å². The van der Waals surface area contributed by atoms with Crippen molar-refractivity contribution in [2.24, 2.45) is 5.92 Å². The maximum absolute atomic E-state index is 13.9. The molecule has 0 radical (unpaired) electrons. The number of nitrogens with zero attached hydrogens (tertiary/aromatic N) is 3. The van der Waals surface area contributed by atoms with Gasteiger partial charge in [-0.3, -0.25) is 14.4 Å². The van der Waals surface area contributed by atoms with Gasteiger partial charge < -0.3 is 29.8 Å². The number of hydrogen-bond acceptors (Lipinski definition) is 5. The van der Waals surface area contributed by atoms with Crippen molar-refractivity contribution in [2.45, 2.75) is 46.2 Å². The van der Waals surface area contributed by atoms with Crippen molar-refractivity contribution in [3.63, 3.8) is 0 Å². The van der Waals surface area contributed by atoms with Crippen LogP contribution in [0.1, 0.15) is 42.7 Å². The van der Waals surface area contributed by atoms with Crippen molar-refractivity contribution in [2.75, 3.05) is 26.2 Å². The summed E-state index contributed by atoms with van der Waals surface area (Å²) in [7, 11) is 0. The number of hydrogen-bond donors (Lipinski definition) is 3. The average Bonchev–Trinajstić information content (AvgIpc) is 3.57. The minimum Gasteiger partial charge on any atom is -0.494 e. The van der Waals surface area contributed by atoms with Crippen LogP contribution in [0.25, 0.3) is 22.3 Å². The van der Waals surface area contributed by atoms with Crippen molar-refractivity contribution in [1.82, 2.24) is 30.1 Å². The Morgan fingerprint density at radius 2 is 2.00 bits per heavy atom. The molecule has 1 atom stereocenters. The molecule has 2 aromatic carbocycles. The minimum absolute atomic E-state index is 0.164. The van der Waals surface area contributed by atoms with Gasteiger partial charge in [-0.15, -0.1) is 0 Å². The van der Waals surface area contributed by atoms with E-state index in [2.05, 4.69) is 20.6 Å². The number of aromatic nitrogens is 3. The highest BCUT2D eigenvalue weighted by atomic mass is 35.5. The molecule has 2 bridgehead atoms. The monoisotopic (exact) mass is 604 g/mol. The van der Waals surface area contributed by atoms with E-state index in [1.54, 1.807) is 12.3 Å². The molecule has 0 fully saturated rings. The lowest BCUT2D eigenvalue weighted by Gasteiger charge is -2.25. The third-order valence-corrected chi connectivity index (χ3v) is 7.75. The quantitative estimate of drug-likeness (QED) is 0.316. The Labute approximate surface area is 255 Å². The number of nitrogens with one attached hydrogen (secondary N) is 3. The molecule has 4 aromatic rings. The van der Waals surface area contributed by atoms with Crippen LogP contribution in [0.15, 0.2) is 54.9 Å². The predicted molar refractivity (Wildman–Crippen MR) is 166 cm³/mol. The van der Waals surface area contributed by atoms with Crippen LogP contribution in [0, 0.1) is 12.8 Å². The summed E-state index contributed by atoms with van der Waals surface area (Å²) in [4.78, 5) is 49.6. The molecule has 3 amide bonds. The number of imidazole rings is 1. The maximum Gasteiger partial charge on any atom is 0.271 e. The molecule has 2 aromatic heterocycles. The molecule has 1 aliphatic heterocycles. The second kappa shape index (κ2) is 13.3. The standard InChI is InChI=1S/C32H37ClN6O4/c1-20(2)16-27-31(41)35-11-14-38-13-10-34-30(38)22-6-4-7-24(17-22)43-15-5-12-39(19-28(40)36-27)32(42)29-21(3)25-18-23(33)8-9-26(25)37-29/h4,6-10,13,17-18,20,27,37H,5,11-12,14-16,19H2,1-3H3,(H,35,41)(H,36,40)/t27-/m1/s1. The molecular formula is C32H37ClN6O4. The molecule has 3 N–H and O–H groups in total. The Morgan fingerprint density at radius 3 is 2.81 bits per heavy atom. The molecular weight excluding hydrogens is 568 g/mol. The third kappa shape index (κ3) is 7.19. The van der Waals surface area contributed by atoms with Crippen molar-refractivity contribution in [1.29, 1.82) is 0 Å². The van der Waals surface area contributed by atoms with Gasteiger partial charge in [-0.1, -0.05) is 37.6 Å². The molecule has 43 heavy (non-hydrogen) atoms. The summed E-state index contributed by atoms with van der Waals surface area (Å²) in [6, 6.07) is 12.3. The molecule has 3 heterocycles. The van der Waals surface area contributed by atoms with Gasteiger partial charge in [0.25, 0.3) is 5.91 Å². The minimum atomic E-state index is -0.734. The van der Waals surface area contributed by atoms with E-state index >= 15 is 0 Å². The van der Waals surface area contributed by atoms with Crippen LogP contribution in [-0.4, -0.2) is 69.4 Å². The largest absolute Gasteiger partial charge is 0.494 e. The molecule has 11 heteroatoms. The normalized spacial score (nSPS) is 17.0. The zero-order valence-corrected chi connectivity index (χ0v) is 25.4. The van der Waals surface area contributed by atoms with Crippen molar-refractivity contribution >= 4 is 40.2 Å². The van der Waals surface area contributed by atoms with Gasteiger partial charge >= 0.3 is 0 Å². The Balaban J connectivity index is 1.43. The Bertz CT molecular complexity index is 1630. The summed E-state index contributed by atoms with van der Waals surface area (Å²) < 4.78 is 8.02. The summed E-state index contributed by atoms with van der Waals surface area (Å²) in [6.07, 6.45) is 4.54. The van der Waals surface area contributed by atoms with Crippen LogP contribution in [-0.2, 0) is 16.1 Å². The highest BCUT2D eigenvalue weighted by Gasteiger charge is 2.27. The average molecular weight is 605 g/mol. The van der Waals surface area contributed by atoms with E-state index in [0.717, 1.165) is 27.9 Å². The van der Waals surface area contributed by atoms with Gasteiger partial charge in [0.2, 0.25) is 11.8 Å². The van der Waals surface area contributed by atoms with Crippen LogP contribution in [0.5, 0.6) is 5.75 Å². The molecule has 226 valence electrons. The molecule has 0 spiro atoms.